The van der Waals surface area contributed by atoms with Crippen molar-refractivity contribution in [2.75, 3.05) is 13.1 Å². The first-order valence-electron chi connectivity index (χ1n) is 6.94. The van der Waals surface area contributed by atoms with E-state index in [-0.39, 0.29) is 5.91 Å². The lowest BCUT2D eigenvalue weighted by molar-refractivity contribution is 0.0712. The summed E-state index contributed by atoms with van der Waals surface area (Å²) in [6.45, 7) is 1.60. The molecular formula is C16H17N3O. The van der Waals surface area contributed by atoms with Crippen molar-refractivity contribution < 1.29 is 4.79 Å². The van der Waals surface area contributed by atoms with Gasteiger partial charge in [-0.3, -0.25) is 14.8 Å². The number of aromatic nitrogens is 2. The van der Waals surface area contributed by atoms with Crippen LogP contribution in [0.2, 0.25) is 0 Å². The molecule has 20 heavy (non-hydrogen) atoms. The van der Waals surface area contributed by atoms with Crippen LogP contribution in [-0.4, -0.2) is 33.9 Å². The van der Waals surface area contributed by atoms with E-state index in [9.17, 15) is 4.79 Å². The average molecular weight is 267 g/mol. The van der Waals surface area contributed by atoms with Crippen molar-refractivity contribution in [1.82, 2.24) is 14.9 Å². The Hall–Kier alpha value is -2.23. The van der Waals surface area contributed by atoms with Crippen molar-refractivity contribution in [3.63, 3.8) is 0 Å². The largest absolute Gasteiger partial charge is 0.339 e. The lowest BCUT2D eigenvalue weighted by Gasteiger charge is -2.32. The number of carbonyl (C=O) groups is 1. The number of nitrogens with zero attached hydrogens (tertiary/aromatic N) is 3. The summed E-state index contributed by atoms with van der Waals surface area (Å²) in [6, 6.07) is 7.72. The highest BCUT2D eigenvalue weighted by Gasteiger charge is 2.24. The van der Waals surface area contributed by atoms with Crippen LogP contribution in [0.1, 0.15) is 34.7 Å². The van der Waals surface area contributed by atoms with E-state index in [0.717, 1.165) is 25.9 Å². The number of piperidine rings is 1. The molecule has 102 valence electrons. The van der Waals surface area contributed by atoms with Crippen molar-refractivity contribution in [3.05, 3.63) is 60.2 Å². The molecule has 1 amide bonds. The maximum Gasteiger partial charge on any atom is 0.255 e. The summed E-state index contributed by atoms with van der Waals surface area (Å²) in [7, 11) is 0. The van der Waals surface area contributed by atoms with Crippen LogP contribution in [0.3, 0.4) is 0 Å². The number of rotatable bonds is 2. The van der Waals surface area contributed by atoms with Crippen LogP contribution in [0, 0.1) is 0 Å². The number of hydrogen-bond donors (Lipinski definition) is 0. The Labute approximate surface area is 118 Å². The summed E-state index contributed by atoms with van der Waals surface area (Å²) in [5, 5.41) is 0. The van der Waals surface area contributed by atoms with Crippen LogP contribution in [0.25, 0.3) is 0 Å². The Morgan fingerprint density at radius 1 is 1.05 bits per heavy atom. The van der Waals surface area contributed by atoms with E-state index in [0.29, 0.717) is 11.5 Å². The molecule has 0 N–H and O–H groups in total. The molecule has 0 aliphatic carbocycles. The molecule has 0 saturated carbocycles. The molecule has 0 radical (unpaired) electrons. The van der Waals surface area contributed by atoms with Crippen LogP contribution in [0.4, 0.5) is 0 Å². The fourth-order valence-electron chi connectivity index (χ4n) is 2.71. The number of pyridine rings is 2. The molecular weight excluding hydrogens is 250 g/mol. The molecule has 0 unspecified atom stereocenters. The van der Waals surface area contributed by atoms with Crippen LogP contribution in [0.15, 0.2) is 49.1 Å². The number of hydrogen-bond acceptors (Lipinski definition) is 3. The molecule has 1 fully saturated rings. The molecule has 0 atom stereocenters. The van der Waals surface area contributed by atoms with Crippen LogP contribution < -0.4 is 0 Å². The molecule has 3 rings (SSSR count). The second kappa shape index (κ2) is 5.82. The van der Waals surface area contributed by atoms with Gasteiger partial charge in [0.15, 0.2) is 0 Å². The van der Waals surface area contributed by atoms with Gasteiger partial charge in [-0.05, 0) is 42.5 Å². The van der Waals surface area contributed by atoms with E-state index in [1.54, 1.807) is 24.7 Å². The molecule has 1 aliphatic heterocycles. The van der Waals surface area contributed by atoms with Crippen molar-refractivity contribution in [3.8, 4) is 0 Å². The minimum absolute atomic E-state index is 0.0859. The Balaban J connectivity index is 1.63. The van der Waals surface area contributed by atoms with Gasteiger partial charge in [0.1, 0.15) is 0 Å². The van der Waals surface area contributed by atoms with E-state index >= 15 is 0 Å². The molecule has 3 heterocycles. The fraction of sp³-hybridized carbons (Fsp3) is 0.312. The van der Waals surface area contributed by atoms with Gasteiger partial charge < -0.3 is 4.90 Å². The Kier molecular flexibility index (Phi) is 3.72. The van der Waals surface area contributed by atoms with Gasteiger partial charge in [-0.1, -0.05) is 6.07 Å². The zero-order valence-corrected chi connectivity index (χ0v) is 11.3. The molecule has 2 aromatic rings. The predicted octanol–water partition coefficient (Wildman–Crippen LogP) is 2.50. The van der Waals surface area contributed by atoms with Gasteiger partial charge in [-0.25, -0.2) is 0 Å². The molecule has 2 aromatic heterocycles. The summed E-state index contributed by atoms with van der Waals surface area (Å²) < 4.78 is 0. The summed E-state index contributed by atoms with van der Waals surface area (Å²) in [4.78, 5) is 22.4. The summed E-state index contributed by atoms with van der Waals surface area (Å²) in [5.74, 6) is 0.601. The first-order chi connectivity index (χ1) is 9.84. The number of carbonyl (C=O) groups excluding carboxylic acids is 1. The molecule has 0 bridgehead atoms. The third-order valence-electron chi connectivity index (χ3n) is 3.85. The third-order valence-corrected chi connectivity index (χ3v) is 3.85. The molecule has 4 heteroatoms. The monoisotopic (exact) mass is 267 g/mol. The normalized spacial score (nSPS) is 16.1. The van der Waals surface area contributed by atoms with E-state index in [4.69, 9.17) is 0 Å². The topological polar surface area (TPSA) is 46.1 Å². The highest BCUT2D eigenvalue weighted by atomic mass is 16.2. The molecule has 0 aromatic carbocycles. The van der Waals surface area contributed by atoms with E-state index in [1.165, 1.54) is 5.56 Å². The highest BCUT2D eigenvalue weighted by Crippen LogP contribution is 2.27. The SMILES string of the molecule is O=C(c1cccnc1)N1CCC(c2cccnc2)CC1. The Morgan fingerprint density at radius 2 is 1.75 bits per heavy atom. The molecule has 4 nitrogen and oxygen atoms in total. The number of amides is 1. The Morgan fingerprint density at radius 3 is 2.35 bits per heavy atom. The summed E-state index contributed by atoms with van der Waals surface area (Å²) in [5.41, 5.74) is 1.95. The van der Waals surface area contributed by atoms with E-state index < -0.39 is 0 Å². The van der Waals surface area contributed by atoms with Crippen molar-refractivity contribution in [1.29, 1.82) is 0 Å². The van der Waals surface area contributed by atoms with Gasteiger partial charge in [0, 0.05) is 37.9 Å². The van der Waals surface area contributed by atoms with Gasteiger partial charge >= 0.3 is 0 Å². The summed E-state index contributed by atoms with van der Waals surface area (Å²) >= 11 is 0. The minimum Gasteiger partial charge on any atom is -0.339 e. The maximum atomic E-state index is 12.3. The smallest absolute Gasteiger partial charge is 0.255 e. The standard InChI is InChI=1S/C16H17N3O/c20-16(15-4-2-8-18-12-15)19-9-5-13(6-10-19)14-3-1-7-17-11-14/h1-4,7-8,11-13H,5-6,9-10H2. The second-order valence-electron chi connectivity index (χ2n) is 5.09. The number of likely N-dealkylation sites (tertiary alicyclic amines) is 1. The quantitative estimate of drug-likeness (QED) is 0.840. The van der Waals surface area contributed by atoms with Gasteiger partial charge in [0.25, 0.3) is 5.91 Å². The minimum atomic E-state index is 0.0859. The lowest BCUT2D eigenvalue weighted by atomic mass is 9.90. The van der Waals surface area contributed by atoms with Gasteiger partial charge in [0.05, 0.1) is 5.56 Å². The fourth-order valence-corrected chi connectivity index (χ4v) is 2.71. The van der Waals surface area contributed by atoms with Crippen LogP contribution in [-0.2, 0) is 0 Å². The van der Waals surface area contributed by atoms with E-state index in [1.807, 2.05) is 23.2 Å². The van der Waals surface area contributed by atoms with Crippen LogP contribution >= 0.6 is 0 Å². The highest BCUT2D eigenvalue weighted by molar-refractivity contribution is 5.93. The third kappa shape index (κ3) is 2.69. The van der Waals surface area contributed by atoms with E-state index in [2.05, 4.69) is 16.0 Å². The van der Waals surface area contributed by atoms with Gasteiger partial charge in [0.2, 0.25) is 0 Å². The molecule has 0 spiro atoms. The first kappa shape index (κ1) is 12.8. The van der Waals surface area contributed by atoms with Crippen molar-refractivity contribution in [2.45, 2.75) is 18.8 Å². The van der Waals surface area contributed by atoms with Crippen molar-refractivity contribution in [2.24, 2.45) is 0 Å². The van der Waals surface area contributed by atoms with Crippen molar-refractivity contribution >= 4 is 5.91 Å². The average Bonchev–Trinajstić information content (AvgIpc) is 2.56. The Bertz CT molecular complexity index is 563. The molecule has 1 aliphatic rings. The molecule has 1 saturated heterocycles. The maximum absolute atomic E-state index is 12.3. The van der Waals surface area contributed by atoms with Gasteiger partial charge in [-0.2, -0.15) is 0 Å². The van der Waals surface area contributed by atoms with Gasteiger partial charge in [-0.15, -0.1) is 0 Å². The van der Waals surface area contributed by atoms with Crippen LogP contribution in [0.5, 0.6) is 0 Å². The zero-order chi connectivity index (χ0) is 13.8. The zero-order valence-electron chi connectivity index (χ0n) is 11.3. The first-order valence-corrected chi connectivity index (χ1v) is 6.94. The predicted molar refractivity (Wildman–Crippen MR) is 76.4 cm³/mol. The lowest BCUT2D eigenvalue weighted by Crippen LogP contribution is -2.37. The second-order valence-corrected chi connectivity index (χ2v) is 5.09. The summed E-state index contributed by atoms with van der Waals surface area (Å²) in [6.07, 6.45) is 9.05.